The average Bonchev–Trinajstić information content (AvgIpc) is 2.94. The first-order valence-corrected chi connectivity index (χ1v) is 6.19. The standard InChI is InChI=1S/C12H18N2O4/c1-3-7-4-8(9(5-7)12(15)16)11-13-10(6-17-2)14-18-11/h7-9H,3-6H2,1-2H3,(H,15,16). The highest BCUT2D eigenvalue weighted by atomic mass is 16.5. The molecule has 0 aromatic carbocycles. The maximum atomic E-state index is 11.3. The van der Waals surface area contributed by atoms with E-state index in [0.717, 1.165) is 12.8 Å². The van der Waals surface area contributed by atoms with Gasteiger partial charge in [0.15, 0.2) is 5.82 Å². The van der Waals surface area contributed by atoms with Gasteiger partial charge < -0.3 is 14.4 Å². The zero-order valence-corrected chi connectivity index (χ0v) is 10.6. The molecule has 100 valence electrons. The third-order valence-corrected chi connectivity index (χ3v) is 3.63. The van der Waals surface area contributed by atoms with E-state index in [9.17, 15) is 9.90 Å². The zero-order chi connectivity index (χ0) is 13.1. The molecular formula is C12H18N2O4. The van der Waals surface area contributed by atoms with Crippen molar-refractivity contribution in [1.29, 1.82) is 0 Å². The number of aliphatic carboxylic acids is 1. The second-order valence-corrected chi connectivity index (χ2v) is 4.78. The Balaban J connectivity index is 2.16. The quantitative estimate of drug-likeness (QED) is 0.862. The predicted octanol–water partition coefficient (Wildman–Crippen LogP) is 1.82. The molecule has 0 aliphatic heterocycles. The number of aromatic nitrogens is 2. The van der Waals surface area contributed by atoms with Gasteiger partial charge in [0.1, 0.15) is 6.61 Å². The monoisotopic (exact) mass is 254 g/mol. The van der Waals surface area contributed by atoms with Crippen molar-refractivity contribution in [2.75, 3.05) is 7.11 Å². The third kappa shape index (κ3) is 2.53. The van der Waals surface area contributed by atoms with Crippen LogP contribution < -0.4 is 0 Å². The average molecular weight is 254 g/mol. The summed E-state index contributed by atoms with van der Waals surface area (Å²) < 4.78 is 10.1. The lowest BCUT2D eigenvalue weighted by molar-refractivity contribution is -0.142. The van der Waals surface area contributed by atoms with Crippen LogP contribution in [0.1, 0.15) is 43.8 Å². The van der Waals surface area contributed by atoms with E-state index in [0.29, 0.717) is 24.1 Å². The molecule has 0 bridgehead atoms. The Kier molecular flexibility index (Phi) is 3.96. The smallest absolute Gasteiger partial charge is 0.307 e. The van der Waals surface area contributed by atoms with E-state index in [1.165, 1.54) is 0 Å². The first kappa shape index (κ1) is 13.0. The summed E-state index contributed by atoms with van der Waals surface area (Å²) in [5.74, 6) is -0.0188. The van der Waals surface area contributed by atoms with Crippen LogP contribution in [0, 0.1) is 11.8 Å². The Morgan fingerprint density at radius 1 is 1.56 bits per heavy atom. The van der Waals surface area contributed by atoms with E-state index in [1.807, 2.05) is 0 Å². The number of hydrogen-bond donors (Lipinski definition) is 1. The summed E-state index contributed by atoms with van der Waals surface area (Å²) in [4.78, 5) is 15.5. The lowest BCUT2D eigenvalue weighted by atomic mass is 9.96. The van der Waals surface area contributed by atoms with Crippen molar-refractivity contribution in [2.45, 2.75) is 38.7 Å². The number of nitrogens with zero attached hydrogens (tertiary/aromatic N) is 2. The van der Waals surface area contributed by atoms with Crippen molar-refractivity contribution in [3.63, 3.8) is 0 Å². The van der Waals surface area contributed by atoms with Gasteiger partial charge in [-0.1, -0.05) is 18.5 Å². The molecule has 1 N–H and O–H groups in total. The molecule has 1 heterocycles. The summed E-state index contributed by atoms with van der Waals surface area (Å²) in [5, 5.41) is 13.0. The van der Waals surface area contributed by atoms with Gasteiger partial charge in [-0.3, -0.25) is 4.79 Å². The van der Waals surface area contributed by atoms with Crippen LogP contribution >= 0.6 is 0 Å². The van der Waals surface area contributed by atoms with E-state index in [1.54, 1.807) is 7.11 Å². The topological polar surface area (TPSA) is 85.5 Å². The second-order valence-electron chi connectivity index (χ2n) is 4.78. The second kappa shape index (κ2) is 5.48. The molecule has 1 fully saturated rings. The van der Waals surface area contributed by atoms with Crippen LogP contribution in [-0.2, 0) is 16.1 Å². The predicted molar refractivity (Wildman–Crippen MR) is 61.9 cm³/mol. The lowest BCUT2D eigenvalue weighted by Crippen LogP contribution is -2.17. The van der Waals surface area contributed by atoms with E-state index >= 15 is 0 Å². The van der Waals surface area contributed by atoms with Gasteiger partial charge in [-0.25, -0.2) is 0 Å². The molecule has 18 heavy (non-hydrogen) atoms. The van der Waals surface area contributed by atoms with Gasteiger partial charge >= 0.3 is 5.97 Å². The fraction of sp³-hybridized carbons (Fsp3) is 0.750. The number of hydrogen-bond acceptors (Lipinski definition) is 5. The van der Waals surface area contributed by atoms with Crippen LogP contribution in [0.3, 0.4) is 0 Å². The number of rotatable bonds is 5. The Hall–Kier alpha value is -1.43. The Labute approximate surface area is 105 Å². The minimum Gasteiger partial charge on any atom is -0.481 e. The summed E-state index contributed by atoms with van der Waals surface area (Å²) in [7, 11) is 1.55. The van der Waals surface area contributed by atoms with E-state index in [4.69, 9.17) is 9.26 Å². The maximum Gasteiger partial charge on any atom is 0.307 e. The third-order valence-electron chi connectivity index (χ3n) is 3.63. The van der Waals surface area contributed by atoms with Gasteiger partial charge in [0, 0.05) is 7.11 Å². The summed E-state index contributed by atoms with van der Waals surface area (Å²) in [6.07, 6.45) is 2.49. The number of carbonyl (C=O) groups is 1. The first-order valence-electron chi connectivity index (χ1n) is 6.19. The molecule has 1 aromatic heterocycles. The van der Waals surface area contributed by atoms with Gasteiger partial charge in [-0.15, -0.1) is 0 Å². The maximum absolute atomic E-state index is 11.3. The lowest BCUT2D eigenvalue weighted by Gasteiger charge is -2.09. The fourth-order valence-corrected chi connectivity index (χ4v) is 2.63. The molecule has 0 saturated heterocycles. The Morgan fingerprint density at radius 2 is 2.33 bits per heavy atom. The van der Waals surface area contributed by atoms with Crippen LogP contribution in [-0.4, -0.2) is 28.3 Å². The van der Waals surface area contributed by atoms with Crippen molar-refractivity contribution in [1.82, 2.24) is 10.1 Å². The van der Waals surface area contributed by atoms with Gasteiger partial charge in [0.2, 0.25) is 5.89 Å². The molecule has 1 saturated carbocycles. The number of ether oxygens (including phenoxy) is 1. The SMILES string of the molecule is CCC1CC(C(=O)O)C(c2nc(COC)no2)C1. The Bertz CT molecular complexity index is 418. The Morgan fingerprint density at radius 3 is 2.94 bits per heavy atom. The summed E-state index contributed by atoms with van der Waals surface area (Å²) in [6.45, 7) is 2.36. The van der Waals surface area contributed by atoms with Crippen LogP contribution in [0.15, 0.2) is 4.52 Å². The normalized spacial score (nSPS) is 27.6. The van der Waals surface area contributed by atoms with Crippen molar-refractivity contribution in [3.05, 3.63) is 11.7 Å². The number of carboxylic acids is 1. The van der Waals surface area contributed by atoms with Gasteiger partial charge in [-0.2, -0.15) is 4.98 Å². The van der Waals surface area contributed by atoms with Crippen molar-refractivity contribution >= 4 is 5.97 Å². The van der Waals surface area contributed by atoms with Gasteiger partial charge in [0.05, 0.1) is 11.8 Å². The highest BCUT2D eigenvalue weighted by Gasteiger charge is 2.41. The highest BCUT2D eigenvalue weighted by molar-refractivity contribution is 5.71. The highest BCUT2D eigenvalue weighted by Crippen LogP contribution is 2.43. The molecule has 1 aliphatic rings. The molecule has 6 nitrogen and oxygen atoms in total. The van der Waals surface area contributed by atoms with Crippen LogP contribution in [0.5, 0.6) is 0 Å². The molecule has 6 heteroatoms. The largest absolute Gasteiger partial charge is 0.481 e. The summed E-state index contributed by atoms with van der Waals surface area (Å²) in [6, 6.07) is 0. The van der Waals surface area contributed by atoms with E-state index in [2.05, 4.69) is 17.1 Å². The van der Waals surface area contributed by atoms with Crippen LogP contribution in [0.4, 0.5) is 0 Å². The summed E-state index contributed by atoms with van der Waals surface area (Å²) in [5.41, 5.74) is 0. The molecule has 0 amide bonds. The molecule has 1 aromatic rings. The van der Waals surface area contributed by atoms with Crippen molar-refractivity contribution < 1.29 is 19.2 Å². The van der Waals surface area contributed by atoms with E-state index in [-0.39, 0.29) is 12.5 Å². The zero-order valence-electron chi connectivity index (χ0n) is 10.6. The summed E-state index contributed by atoms with van der Waals surface area (Å²) >= 11 is 0. The minimum atomic E-state index is -0.776. The van der Waals surface area contributed by atoms with Gasteiger partial charge in [-0.05, 0) is 18.8 Å². The molecule has 2 rings (SSSR count). The molecule has 0 radical (unpaired) electrons. The first-order chi connectivity index (χ1) is 8.65. The minimum absolute atomic E-state index is 0.162. The fourth-order valence-electron chi connectivity index (χ4n) is 2.63. The molecular weight excluding hydrogens is 236 g/mol. The van der Waals surface area contributed by atoms with E-state index < -0.39 is 11.9 Å². The van der Waals surface area contributed by atoms with Crippen molar-refractivity contribution in [2.24, 2.45) is 11.8 Å². The molecule has 3 atom stereocenters. The molecule has 0 spiro atoms. The molecule has 3 unspecified atom stereocenters. The van der Waals surface area contributed by atoms with Crippen molar-refractivity contribution in [3.8, 4) is 0 Å². The number of carboxylic acid groups (broad SMARTS) is 1. The number of methoxy groups -OCH3 is 1. The van der Waals surface area contributed by atoms with Crippen LogP contribution in [0.25, 0.3) is 0 Å². The molecule has 1 aliphatic carbocycles. The van der Waals surface area contributed by atoms with Gasteiger partial charge in [0.25, 0.3) is 0 Å². The van der Waals surface area contributed by atoms with Crippen LogP contribution in [0.2, 0.25) is 0 Å².